The van der Waals surface area contributed by atoms with Crippen molar-refractivity contribution in [2.45, 2.75) is 19.4 Å². The van der Waals surface area contributed by atoms with Crippen LogP contribution in [0.3, 0.4) is 0 Å². The van der Waals surface area contributed by atoms with Crippen LogP contribution in [0.15, 0.2) is 11.4 Å². The number of likely N-dealkylation sites (tertiary alicyclic amines) is 1. The molecule has 0 atom stereocenters. The van der Waals surface area contributed by atoms with Crippen LogP contribution in [0.5, 0.6) is 0 Å². The minimum Gasteiger partial charge on any atom is -0.481 e. The van der Waals surface area contributed by atoms with Gasteiger partial charge in [0.2, 0.25) is 0 Å². The molecule has 1 N–H and O–H groups in total. The van der Waals surface area contributed by atoms with Crippen molar-refractivity contribution in [1.29, 1.82) is 0 Å². The summed E-state index contributed by atoms with van der Waals surface area (Å²) in [6, 6.07) is 2.14. The number of carboxylic acid groups (broad SMARTS) is 1. The van der Waals surface area contributed by atoms with E-state index in [0.29, 0.717) is 19.6 Å². The van der Waals surface area contributed by atoms with Crippen LogP contribution in [0.2, 0.25) is 0 Å². The highest BCUT2D eigenvalue weighted by atomic mass is 32.1. The highest BCUT2D eigenvalue weighted by Crippen LogP contribution is 2.27. The van der Waals surface area contributed by atoms with E-state index in [1.807, 2.05) is 4.90 Å². The van der Waals surface area contributed by atoms with Crippen molar-refractivity contribution >= 4 is 23.3 Å². The molecule has 19 heavy (non-hydrogen) atoms. The molecule has 0 unspecified atom stereocenters. The lowest BCUT2D eigenvalue weighted by atomic mass is 9.97. The summed E-state index contributed by atoms with van der Waals surface area (Å²) >= 11 is 1.76. The summed E-state index contributed by atoms with van der Waals surface area (Å²) in [7, 11) is 0. The van der Waals surface area contributed by atoms with Crippen LogP contribution in [0, 0.1) is 5.92 Å². The Morgan fingerprint density at radius 1 is 1.37 bits per heavy atom. The average molecular weight is 280 g/mol. The second-order valence-corrected chi connectivity index (χ2v) is 6.19. The van der Waals surface area contributed by atoms with Gasteiger partial charge in [0.25, 0.3) is 0 Å². The van der Waals surface area contributed by atoms with Gasteiger partial charge in [-0.05, 0) is 23.4 Å². The number of thiophene rings is 1. The topological polar surface area (TPSA) is 60.9 Å². The van der Waals surface area contributed by atoms with Gasteiger partial charge in [-0.15, -0.1) is 11.3 Å². The third-order valence-electron chi connectivity index (χ3n) is 3.77. The molecule has 1 aromatic heterocycles. The zero-order valence-electron chi connectivity index (χ0n) is 10.5. The number of nitrogens with zero attached hydrogens (tertiary/aromatic N) is 2. The number of carbonyl (C=O) groups is 2. The fourth-order valence-corrected chi connectivity index (χ4v) is 3.60. The summed E-state index contributed by atoms with van der Waals surface area (Å²) in [5, 5.41) is 10.8. The molecule has 0 aromatic carbocycles. The molecular formula is C13H16N2O3S. The smallest absolute Gasteiger partial charge is 0.320 e. The lowest BCUT2D eigenvalue weighted by molar-refractivity contribution is -0.139. The standard InChI is InChI=1S/C13H16N2O3S/c16-12(17)5-9-6-15(7-9)13(18)14-3-1-11-10(8-14)2-4-19-11/h2,4,9H,1,3,5-8H2,(H,16,17). The van der Waals surface area contributed by atoms with Crippen molar-refractivity contribution in [3.05, 3.63) is 21.9 Å². The van der Waals surface area contributed by atoms with Gasteiger partial charge < -0.3 is 14.9 Å². The van der Waals surface area contributed by atoms with Crippen LogP contribution < -0.4 is 0 Å². The first-order valence-electron chi connectivity index (χ1n) is 6.44. The summed E-state index contributed by atoms with van der Waals surface area (Å²) < 4.78 is 0. The van der Waals surface area contributed by atoms with E-state index in [1.165, 1.54) is 10.4 Å². The number of rotatable bonds is 2. The monoisotopic (exact) mass is 280 g/mol. The highest BCUT2D eigenvalue weighted by Gasteiger charge is 2.35. The predicted molar refractivity (Wildman–Crippen MR) is 71.1 cm³/mol. The molecular weight excluding hydrogens is 264 g/mol. The van der Waals surface area contributed by atoms with Crippen LogP contribution in [0.4, 0.5) is 4.79 Å². The van der Waals surface area contributed by atoms with Crippen molar-refractivity contribution in [2.75, 3.05) is 19.6 Å². The Labute approximate surface area is 115 Å². The van der Waals surface area contributed by atoms with Crippen LogP contribution >= 0.6 is 11.3 Å². The van der Waals surface area contributed by atoms with E-state index in [0.717, 1.165) is 13.0 Å². The quantitative estimate of drug-likeness (QED) is 0.895. The molecule has 0 radical (unpaired) electrons. The number of hydrogen-bond donors (Lipinski definition) is 1. The molecule has 2 amide bonds. The fourth-order valence-electron chi connectivity index (χ4n) is 2.71. The van der Waals surface area contributed by atoms with E-state index < -0.39 is 5.97 Å². The van der Waals surface area contributed by atoms with Gasteiger partial charge in [-0.25, -0.2) is 4.79 Å². The summed E-state index contributed by atoms with van der Waals surface area (Å²) in [4.78, 5) is 27.8. The van der Waals surface area contributed by atoms with Crippen molar-refractivity contribution in [3.63, 3.8) is 0 Å². The molecule has 0 saturated carbocycles. The van der Waals surface area contributed by atoms with Crippen molar-refractivity contribution in [2.24, 2.45) is 5.92 Å². The molecule has 0 spiro atoms. The molecule has 0 aliphatic carbocycles. The maximum atomic E-state index is 12.3. The zero-order chi connectivity index (χ0) is 13.4. The van der Waals surface area contributed by atoms with E-state index in [9.17, 15) is 9.59 Å². The second-order valence-electron chi connectivity index (χ2n) is 5.19. The van der Waals surface area contributed by atoms with Gasteiger partial charge >= 0.3 is 12.0 Å². The van der Waals surface area contributed by atoms with Gasteiger partial charge in [-0.2, -0.15) is 0 Å². The summed E-state index contributed by atoms with van der Waals surface area (Å²) in [5.41, 5.74) is 1.26. The van der Waals surface area contributed by atoms with Gasteiger partial charge in [0.05, 0.1) is 6.42 Å². The van der Waals surface area contributed by atoms with Crippen molar-refractivity contribution < 1.29 is 14.7 Å². The van der Waals surface area contributed by atoms with E-state index in [2.05, 4.69) is 11.4 Å². The molecule has 6 heteroatoms. The van der Waals surface area contributed by atoms with Crippen LogP contribution in [-0.2, 0) is 17.8 Å². The lowest BCUT2D eigenvalue weighted by Gasteiger charge is -2.42. The minimum atomic E-state index is -0.780. The second kappa shape index (κ2) is 4.85. The Morgan fingerprint density at radius 3 is 2.89 bits per heavy atom. The Kier molecular flexibility index (Phi) is 3.18. The molecule has 1 saturated heterocycles. The van der Waals surface area contributed by atoms with Gasteiger partial charge in [0.1, 0.15) is 0 Å². The largest absolute Gasteiger partial charge is 0.481 e. The highest BCUT2D eigenvalue weighted by molar-refractivity contribution is 7.10. The molecule has 2 aliphatic heterocycles. The van der Waals surface area contributed by atoms with Crippen LogP contribution in [0.1, 0.15) is 16.9 Å². The van der Waals surface area contributed by atoms with Crippen LogP contribution in [0.25, 0.3) is 0 Å². The number of carbonyl (C=O) groups excluding carboxylic acids is 1. The third kappa shape index (κ3) is 2.45. The summed E-state index contributed by atoms with van der Waals surface area (Å²) in [6.07, 6.45) is 1.10. The Balaban J connectivity index is 1.54. The molecule has 1 aromatic rings. The number of hydrogen-bond acceptors (Lipinski definition) is 3. The molecule has 0 bridgehead atoms. The molecule has 3 heterocycles. The maximum Gasteiger partial charge on any atom is 0.320 e. The van der Waals surface area contributed by atoms with Gasteiger partial charge in [-0.3, -0.25) is 4.79 Å². The SMILES string of the molecule is O=C(O)CC1CN(C(=O)N2CCc3sccc3C2)C1. The normalized spacial score (nSPS) is 18.9. The van der Waals surface area contributed by atoms with E-state index in [-0.39, 0.29) is 18.4 Å². The van der Waals surface area contributed by atoms with E-state index in [1.54, 1.807) is 16.2 Å². The average Bonchev–Trinajstić information content (AvgIpc) is 2.79. The third-order valence-corrected chi connectivity index (χ3v) is 4.79. The van der Waals surface area contributed by atoms with E-state index in [4.69, 9.17) is 5.11 Å². The first-order valence-corrected chi connectivity index (χ1v) is 7.32. The fraction of sp³-hybridized carbons (Fsp3) is 0.538. The molecule has 102 valence electrons. The number of amides is 2. The first kappa shape index (κ1) is 12.5. The van der Waals surface area contributed by atoms with Crippen LogP contribution in [-0.4, -0.2) is 46.5 Å². The van der Waals surface area contributed by atoms with Gasteiger partial charge in [0.15, 0.2) is 0 Å². The minimum absolute atomic E-state index is 0.0542. The van der Waals surface area contributed by atoms with Gasteiger partial charge in [0, 0.05) is 37.0 Å². The summed E-state index contributed by atoms with van der Waals surface area (Å²) in [6.45, 7) is 2.63. The molecule has 2 aliphatic rings. The van der Waals surface area contributed by atoms with Crippen molar-refractivity contribution in [3.8, 4) is 0 Å². The van der Waals surface area contributed by atoms with Gasteiger partial charge in [-0.1, -0.05) is 0 Å². The maximum absolute atomic E-state index is 12.3. The van der Waals surface area contributed by atoms with Crippen molar-refractivity contribution in [1.82, 2.24) is 9.80 Å². The number of fused-ring (bicyclic) bond motifs is 1. The van der Waals surface area contributed by atoms with E-state index >= 15 is 0 Å². The zero-order valence-corrected chi connectivity index (χ0v) is 11.4. The number of carboxylic acids is 1. The predicted octanol–water partition coefficient (Wildman–Crippen LogP) is 1.63. The summed E-state index contributed by atoms with van der Waals surface area (Å²) in [5.74, 6) is -0.652. The number of aliphatic carboxylic acids is 1. The lowest BCUT2D eigenvalue weighted by Crippen LogP contribution is -2.55. The Morgan fingerprint density at radius 2 is 2.16 bits per heavy atom. The molecule has 3 rings (SSSR count). The number of urea groups is 1. The first-order chi connectivity index (χ1) is 9.13. The molecule has 5 nitrogen and oxygen atoms in total. The Bertz CT molecular complexity index is 508. The Hall–Kier alpha value is -1.56. The molecule has 1 fully saturated rings.